The molecule has 8 nitrogen and oxygen atoms in total. The van der Waals surface area contributed by atoms with Crippen molar-refractivity contribution < 1.29 is 18.5 Å². The van der Waals surface area contributed by atoms with E-state index >= 15 is 0 Å². The Labute approximate surface area is 167 Å². The molecular formula is C21H22N4O4. The number of nitrogens with zero attached hydrogens (tertiary/aromatic N) is 3. The summed E-state index contributed by atoms with van der Waals surface area (Å²) in [6, 6.07) is 10.1. The zero-order valence-corrected chi connectivity index (χ0v) is 16.1. The Kier molecular flexibility index (Phi) is 3.56. The molecule has 1 amide bonds. The summed E-state index contributed by atoms with van der Waals surface area (Å²) in [6.07, 6.45) is 2.28. The number of carbonyl (C=O) groups is 1. The van der Waals surface area contributed by atoms with Crippen LogP contribution in [0.25, 0.3) is 11.1 Å². The highest BCUT2D eigenvalue weighted by Crippen LogP contribution is 2.55. The van der Waals surface area contributed by atoms with Gasteiger partial charge in [-0.2, -0.15) is 4.98 Å². The van der Waals surface area contributed by atoms with Gasteiger partial charge in [-0.25, -0.2) is 0 Å². The van der Waals surface area contributed by atoms with Crippen molar-refractivity contribution in [3.05, 3.63) is 41.8 Å². The van der Waals surface area contributed by atoms with Crippen LogP contribution >= 0.6 is 0 Å². The number of hydrogen-bond acceptors (Lipinski definition) is 7. The van der Waals surface area contributed by atoms with E-state index in [4.69, 9.17) is 13.7 Å². The molecule has 0 saturated carbocycles. The Balaban J connectivity index is 1.20. The molecule has 5 heterocycles. The number of amides is 1. The number of benzene rings is 1. The summed E-state index contributed by atoms with van der Waals surface area (Å²) in [5, 5.41) is 6.82. The molecule has 3 aliphatic rings. The summed E-state index contributed by atoms with van der Waals surface area (Å²) >= 11 is 0. The van der Waals surface area contributed by atoms with Gasteiger partial charge >= 0.3 is 0 Å². The predicted octanol–water partition coefficient (Wildman–Crippen LogP) is 2.54. The first-order chi connectivity index (χ1) is 14.1. The number of fused-ring (bicyclic) bond motifs is 2. The number of ether oxygens (including phenoxy) is 1. The summed E-state index contributed by atoms with van der Waals surface area (Å²) in [6.45, 7) is 3.96. The monoisotopic (exact) mass is 394 g/mol. The fourth-order valence-corrected chi connectivity index (χ4v) is 5.38. The molecular weight excluding hydrogens is 372 g/mol. The number of rotatable bonds is 4. The third-order valence-corrected chi connectivity index (χ3v) is 6.70. The van der Waals surface area contributed by atoms with E-state index in [1.165, 1.54) is 0 Å². The van der Waals surface area contributed by atoms with E-state index in [-0.39, 0.29) is 23.5 Å². The minimum atomic E-state index is -0.201. The van der Waals surface area contributed by atoms with Crippen molar-refractivity contribution in [2.24, 2.45) is 11.8 Å². The van der Waals surface area contributed by atoms with Crippen molar-refractivity contribution in [3.8, 4) is 0 Å². The quantitative estimate of drug-likeness (QED) is 0.727. The zero-order valence-electron chi connectivity index (χ0n) is 16.1. The van der Waals surface area contributed by atoms with Gasteiger partial charge < -0.3 is 23.9 Å². The molecule has 29 heavy (non-hydrogen) atoms. The van der Waals surface area contributed by atoms with E-state index in [0.29, 0.717) is 29.9 Å². The van der Waals surface area contributed by atoms with Crippen LogP contribution in [0.5, 0.6) is 0 Å². The van der Waals surface area contributed by atoms with Crippen LogP contribution in [0.15, 0.2) is 39.3 Å². The van der Waals surface area contributed by atoms with Gasteiger partial charge in [0, 0.05) is 31.0 Å². The second-order valence-corrected chi connectivity index (χ2v) is 8.41. The topological polar surface area (TPSA) is 93.6 Å². The smallest absolute Gasteiger partial charge is 0.298 e. The number of carbonyl (C=O) groups excluding carboxylic acids is 1. The van der Waals surface area contributed by atoms with Crippen LogP contribution in [0.3, 0.4) is 0 Å². The van der Waals surface area contributed by atoms with E-state index in [1.54, 1.807) is 13.0 Å². The van der Waals surface area contributed by atoms with Crippen LogP contribution in [0.1, 0.15) is 29.1 Å². The standard InChI is InChI=1S/C21H22N4O4/c1-12-8-16(24-29-12)19(26)22-9-13-14-10-25(11-21(14)7-6-17(13)28-21)20-23-15-4-2-3-5-18(15)27-20/h2-5,8,13-14,17H,6-7,9-11H2,1H3,(H,22,26)/t13-,14+,17+,21+/m0/s1. The van der Waals surface area contributed by atoms with Gasteiger partial charge in [0.15, 0.2) is 11.3 Å². The molecule has 0 radical (unpaired) electrons. The largest absolute Gasteiger partial charge is 0.423 e. The van der Waals surface area contributed by atoms with Gasteiger partial charge in [0.05, 0.1) is 18.2 Å². The zero-order chi connectivity index (χ0) is 19.6. The highest BCUT2D eigenvalue weighted by Gasteiger charge is 2.63. The minimum Gasteiger partial charge on any atom is -0.423 e. The van der Waals surface area contributed by atoms with Crippen molar-refractivity contribution in [1.82, 2.24) is 15.5 Å². The summed E-state index contributed by atoms with van der Waals surface area (Å²) in [5.74, 6) is 1.04. The van der Waals surface area contributed by atoms with Crippen molar-refractivity contribution in [2.45, 2.75) is 31.5 Å². The van der Waals surface area contributed by atoms with Gasteiger partial charge in [-0.1, -0.05) is 17.3 Å². The minimum absolute atomic E-state index is 0.162. The first-order valence-electron chi connectivity index (χ1n) is 10.1. The van der Waals surface area contributed by atoms with Gasteiger partial charge in [-0.05, 0) is 31.9 Å². The summed E-state index contributed by atoms with van der Waals surface area (Å²) in [7, 11) is 0. The molecule has 2 aromatic heterocycles. The number of nitrogens with one attached hydrogen (secondary N) is 1. The third kappa shape index (κ3) is 2.58. The molecule has 3 fully saturated rings. The van der Waals surface area contributed by atoms with Crippen LogP contribution in [-0.2, 0) is 4.74 Å². The highest BCUT2D eigenvalue weighted by molar-refractivity contribution is 5.92. The van der Waals surface area contributed by atoms with Crippen LogP contribution in [0.4, 0.5) is 6.01 Å². The summed E-state index contributed by atoms with van der Waals surface area (Å²) in [4.78, 5) is 19.2. The van der Waals surface area contributed by atoms with Gasteiger partial charge in [0.1, 0.15) is 11.3 Å². The molecule has 4 atom stereocenters. The maximum Gasteiger partial charge on any atom is 0.298 e. The number of anilines is 1. The summed E-state index contributed by atoms with van der Waals surface area (Å²) in [5.41, 5.74) is 1.83. The van der Waals surface area contributed by atoms with Crippen LogP contribution in [-0.4, -0.2) is 47.4 Å². The van der Waals surface area contributed by atoms with Gasteiger partial charge in [-0.3, -0.25) is 4.79 Å². The van der Waals surface area contributed by atoms with Crippen LogP contribution in [0.2, 0.25) is 0 Å². The lowest BCUT2D eigenvalue weighted by Crippen LogP contribution is -2.42. The molecule has 0 aliphatic carbocycles. The van der Waals surface area contributed by atoms with E-state index in [0.717, 1.165) is 37.0 Å². The lowest BCUT2D eigenvalue weighted by atomic mass is 9.73. The number of aryl methyl sites for hydroxylation is 1. The molecule has 6 rings (SSSR count). The SMILES string of the molecule is Cc1cc(C(=O)NC[C@H]2[C@H]3CN(c4nc5ccccc5o4)C[C@]34CC[C@H]2O4)no1. The fourth-order valence-electron chi connectivity index (χ4n) is 5.38. The molecule has 2 bridgehead atoms. The second-order valence-electron chi connectivity index (χ2n) is 8.41. The fraction of sp³-hybridized carbons (Fsp3) is 0.476. The van der Waals surface area contributed by atoms with Crippen LogP contribution in [0, 0.1) is 18.8 Å². The molecule has 1 aromatic carbocycles. The molecule has 3 aliphatic heterocycles. The first kappa shape index (κ1) is 17.0. The van der Waals surface area contributed by atoms with E-state index in [9.17, 15) is 4.79 Å². The molecule has 150 valence electrons. The third-order valence-electron chi connectivity index (χ3n) is 6.70. The average Bonchev–Trinajstić information content (AvgIpc) is 3.50. The normalized spacial score (nSPS) is 30.2. The van der Waals surface area contributed by atoms with Gasteiger partial charge in [0.2, 0.25) is 0 Å². The number of oxazole rings is 1. The molecule has 1 N–H and O–H groups in total. The van der Waals surface area contributed by atoms with E-state index in [2.05, 4.69) is 20.4 Å². The Bertz CT molecular complexity index is 1060. The van der Waals surface area contributed by atoms with Gasteiger partial charge in [0.25, 0.3) is 11.9 Å². The molecule has 0 unspecified atom stereocenters. The average molecular weight is 394 g/mol. The van der Waals surface area contributed by atoms with Crippen molar-refractivity contribution in [3.63, 3.8) is 0 Å². The molecule has 1 spiro atoms. The Morgan fingerprint density at radius 2 is 2.28 bits per heavy atom. The van der Waals surface area contributed by atoms with Crippen molar-refractivity contribution >= 4 is 23.0 Å². The lowest BCUT2D eigenvalue weighted by Gasteiger charge is -2.29. The van der Waals surface area contributed by atoms with E-state index < -0.39 is 0 Å². The maximum absolute atomic E-state index is 12.4. The second kappa shape index (κ2) is 6.06. The van der Waals surface area contributed by atoms with Crippen molar-refractivity contribution in [2.75, 3.05) is 24.5 Å². The Morgan fingerprint density at radius 3 is 3.10 bits per heavy atom. The predicted molar refractivity (Wildman–Crippen MR) is 104 cm³/mol. The lowest BCUT2D eigenvalue weighted by molar-refractivity contribution is 0.0139. The first-order valence-corrected chi connectivity index (χ1v) is 10.1. The number of hydrogen-bond donors (Lipinski definition) is 1. The van der Waals surface area contributed by atoms with Crippen molar-refractivity contribution in [1.29, 1.82) is 0 Å². The highest BCUT2D eigenvalue weighted by atomic mass is 16.5. The molecule has 3 aromatic rings. The Morgan fingerprint density at radius 1 is 1.38 bits per heavy atom. The van der Waals surface area contributed by atoms with Gasteiger partial charge in [-0.15, -0.1) is 0 Å². The Hall–Kier alpha value is -2.87. The molecule has 3 saturated heterocycles. The maximum atomic E-state index is 12.4. The van der Waals surface area contributed by atoms with Crippen LogP contribution < -0.4 is 10.2 Å². The number of para-hydroxylation sites is 2. The number of aromatic nitrogens is 2. The van der Waals surface area contributed by atoms with E-state index in [1.807, 2.05) is 24.3 Å². The summed E-state index contributed by atoms with van der Waals surface area (Å²) < 4.78 is 17.5. The molecule has 8 heteroatoms.